The van der Waals surface area contributed by atoms with E-state index < -0.39 is 11.0 Å². The molecule has 1 aromatic heterocycles. The fraction of sp³-hybridized carbons (Fsp3) is 0.0833. The van der Waals surface area contributed by atoms with E-state index in [9.17, 15) is 14.9 Å². The van der Waals surface area contributed by atoms with Gasteiger partial charge in [0.25, 0.3) is 5.69 Å². The monoisotopic (exact) mass is 311 g/mol. The molecular formula is C12H10ClN3O3S. The lowest BCUT2D eigenvalue weighted by Crippen LogP contribution is -2.28. The molecule has 0 atom stereocenters. The minimum absolute atomic E-state index is 0.136. The van der Waals surface area contributed by atoms with Gasteiger partial charge in [0.1, 0.15) is 0 Å². The van der Waals surface area contributed by atoms with Crippen LogP contribution >= 0.6 is 22.9 Å². The highest BCUT2D eigenvalue weighted by molar-refractivity contribution is 7.09. The summed E-state index contributed by atoms with van der Waals surface area (Å²) in [4.78, 5) is 22.8. The molecule has 2 amide bonds. The smallest absolute Gasteiger partial charge is 0.319 e. The lowest BCUT2D eigenvalue weighted by Gasteiger charge is -2.08. The second-order valence-electron chi connectivity index (χ2n) is 3.81. The molecule has 0 spiro atoms. The summed E-state index contributed by atoms with van der Waals surface area (Å²) in [6.45, 7) is 0.385. The Morgan fingerprint density at radius 2 is 2.20 bits per heavy atom. The van der Waals surface area contributed by atoms with Crippen molar-refractivity contribution in [3.8, 4) is 0 Å². The minimum Gasteiger partial charge on any atom is -0.333 e. The number of nitrogens with zero attached hydrogens (tertiary/aromatic N) is 1. The van der Waals surface area contributed by atoms with Gasteiger partial charge in [-0.1, -0.05) is 17.7 Å². The van der Waals surface area contributed by atoms with Gasteiger partial charge in [-0.15, -0.1) is 11.3 Å². The molecule has 20 heavy (non-hydrogen) atoms. The molecule has 0 fully saturated rings. The lowest BCUT2D eigenvalue weighted by atomic mass is 10.3. The van der Waals surface area contributed by atoms with Crippen molar-refractivity contribution in [3.05, 3.63) is 55.7 Å². The molecule has 104 valence electrons. The summed E-state index contributed by atoms with van der Waals surface area (Å²) in [6, 6.07) is 7.17. The average Bonchev–Trinajstić information content (AvgIpc) is 2.92. The number of benzene rings is 1. The van der Waals surface area contributed by atoms with Crippen molar-refractivity contribution in [3.63, 3.8) is 0 Å². The van der Waals surface area contributed by atoms with Crippen LogP contribution < -0.4 is 10.6 Å². The molecule has 0 aliphatic rings. The number of nitro groups is 1. The zero-order valence-corrected chi connectivity index (χ0v) is 11.7. The van der Waals surface area contributed by atoms with Crippen molar-refractivity contribution >= 4 is 40.3 Å². The second kappa shape index (κ2) is 6.36. The van der Waals surface area contributed by atoms with Gasteiger partial charge >= 0.3 is 6.03 Å². The van der Waals surface area contributed by atoms with Crippen LogP contribution in [0.15, 0.2) is 35.7 Å². The highest BCUT2D eigenvalue weighted by Gasteiger charge is 2.11. The minimum atomic E-state index is -0.551. The third-order valence-electron chi connectivity index (χ3n) is 2.41. The third kappa shape index (κ3) is 3.69. The van der Waals surface area contributed by atoms with Gasteiger partial charge < -0.3 is 10.6 Å². The Labute approximate surface area is 123 Å². The quantitative estimate of drug-likeness (QED) is 0.668. The van der Waals surface area contributed by atoms with Crippen molar-refractivity contribution in [1.82, 2.24) is 5.32 Å². The molecule has 0 unspecified atom stereocenters. The van der Waals surface area contributed by atoms with Crippen LogP contribution in [0, 0.1) is 10.1 Å². The van der Waals surface area contributed by atoms with E-state index in [0.717, 1.165) is 4.88 Å². The molecule has 0 aliphatic carbocycles. The summed E-state index contributed by atoms with van der Waals surface area (Å²) in [7, 11) is 0. The molecule has 2 rings (SSSR count). The molecular weight excluding hydrogens is 302 g/mol. The lowest BCUT2D eigenvalue weighted by molar-refractivity contribution is -0.384. The predicted octanol–water partition coefficient (Wildman–Crippen LogP) is 3.63. The first-order chi connectivity index (χ1) is 9.56. The summed E-state index contributed by atoms with van der Waals surface area (Å²) in [6.07, 6.45) is 0. The molecule has 1 heterocycles. The van der Waals surface area contributed by atoms with Crippen molar-refractivity contribution < 1.29 is 9.72 Å². The molecule has 6 nitrogen and oxygen atoms in total. The van der Waals surface area contributed by atoms with Crippen molar-refractivity contribution in [2.24, 2.45) is 0 Å². The number of amides is 2. The highest BCUT2D eigenvalue weighted by Crippen LogP contribution is 2.26. The Morgan fingerprint density at radius 1 is 1.40 bits per heavy atom. The number of thiophene rings is 1. The maximum Gasteiger partial charge on any atom is 0.319 e. The number of hydrogen-bond acceptors (Lipinski definition) is 4. The molecule has 0 saturated heterocycles. The standard InChI is InChI=1S/C12H10ClN3O3S/c13-10-4-3-8(16(18)19)6-11(10)15-12(17)14-7-9-2-1-5-20-9/h1-6H,7H2,(H2,14,15,17). The summed E-state index contributed by atoms with van der Waals surface area (Å²) < 4.78 is 0. The molecule has 0 bridgehead atoms. The van der Waals surface area contributed by atoms with E-state index >= 15 is 0 Å². The van der Waals surface area contributed by atoms with Crippen LogP contribution in [0.4, 0.5) is 16.2 Å². The normalized spacial score (nSPS) is 10.1. The highest BCUT2D eigenvalue weighted by atomic mass is 35.5. The van der Waals surface area contributed by atoms with Crippen LogP contribution in [0.2, 0.25) is 5.02 Å². The van der Waals surface area contributed by atoms with E-state index in [2.05, 4.69) is 10.6 Å². The van der Waals surface area contributed by atoms with E-state index in [1.54, 1.807) is 0 Å². The van der Waals surface area contributed by atoms with Gasteiger partial charge in [0.2, 0.25) is 0 Å². The Hall–Kier alpha value is -2.12. The third-order valence-corrected chi connectivity index (χ3v) is 3.62. The summed E-state index contributed by atoms with van der Waals surface area (Å²) >= 11 is 7.40. The number of hydrogen-bond donors (Lipinski definition) is 2. The van der Waals surface area contributed by atoms with E-state index in [1.807, 2.05) is 17.5 Å². The number of anilines is 1. The fourth-order valence-electron chi connectivity index (χ4n) is 1.47. The zero-order valence-electron chi connectivity index (χ0n) is 10.1. The first-order valence-electron chi connectivity index (χ1n) is 5.57. The van der Waals surface area contributed by atoms with Crippen LogP contribution in [0.1, 0.15) is 4.88 Å². The maximum atomic E-state index is 11.7. The zero-order chi connectivity index (χ0) is 14.5. The number of nitrogens with one attached hydrogen (secondary N) is 2. The van der Waals surface area contributed by atoms with Gasteiger partial charge in [-0.3, -0.25) is 10.1 Å². The van der Waals surface area contributed by atoms with E-state index in [0.29, 0.717) is 6.54 Å². The van der Waals surface area contributed by atoms with Gasteiger partial charge in [-0.2, -0.15) is 0 Å². The van der Waals surface area contributed by atoms with Crippen molar-refractivity contribution in [1.29, 1.82) is 0 Å². The summed E-state index contributed by atoms with van der Waals surface area (Å²) in [5.41, 5.74) is 0.0625. The van der Waals surface area contributed by atoms with Crippen molar-refractivity contribution in [2.75, 3.05) is 5.32 Å². The number of rotatable bonds is 4. The van der Waals surface area contributed by atoms with E-state index in [-0.39, 0.29) is 16.4 Å². The Kier molecular flexibility index (Phi) is 4.54. The van der Waals surface area contributed by atoms with Gasteiger partial charge in [0, 0.05) is 17.0 Å². The number of non-ortho nitro benzene ring substituents is 1. The fourth-order valence-corrected chi connectivity index (χ4v) is 2.28. The molecule has 0 radical (unpaired) electrons. The number of nitro benzene ring substituents is 1. The van der Waals surface area contributed by atoms with Crippen LogP contribution in [0.3, 0.4) is 0 Å². The molecule has 1 aromatic carbocycles. The maximum absolute atomic E-state index is 11.7. The van der Waals surface area contributed by atoms with Gasteiger partial charge in [-0.05, 0) is 17.5 Å². The van der Waals surface area contributed by atoms with Gasteiger partial charge in [0.05, 0.1) is 22.2 Å². The van der Waals surface area contributed by atoms with Crippen LogP contribution in [0.5, 0.6) is 0 Å². The molecule has 2 N–H and O–H groups in total. The van der Waals surface area contributed by atoms with Crippen LogP contribution in [-0.2, 0) is 6.54 Å². The van der Waals surface area contributed by atoms with Gasteiger partial charge in [0.15, 0.2) is 0 Å². The van der Waals surface area contributed by atoms with E-state index in [1.165, 1.54) is 29.5 Å². The van der Waals surface area contributed by atoms with Crippen LogP contribution in [-0.4, -0.2) is 11.0 Å². The second-order valence-corrected chi connectivity index (χ2v) is 5.25. The Balaban J connectivity index is 2.00. The Morgan fingerprint density at radius 3 is 2.85 bits per heavy atom. The first kappa shape index (κ1) is 14.3. The molecule has 2 aromatic rings. The largest absolute Gasteiger partial charge is 0.333 e. The van der Waals surface area contributed by atoms with Gasteiger partial charge in [-0.25, -0.2) is 4.79 Å². The molecule has 8 heteroatoms. The number of halogens is 1. The topological polar surface area (TPSA) is 84.3 Å². The molecule has 0 aliphatic heterocycles. The average molecular weight is 312 g/mol. The number of carbonyl (C=O) groups is 1. The van der Waals surface area contributed by atoms with E-state index in [4.69, 9.17) is 11.6 Å². The summed E-state index contributed by atoms with van der Waals surface area (Å²) in [5, 5.41) is 17.9. The Bertz CT molecular complexity index is 631. The summed E-state index contributed by atoms with van der Waals surface area (Å²) in [5.74, 6) is 0. The molecule has 0 saturated carbocycles. The SMILES string of the molecule is O=C(NCc1cccs1)Nc1cc([N+](=O)[O-])ccc1Cl. The number of urea groups is 1. The number of carbonyl (C=O) groups excluding carboxylic acids is 1. The predicted molar refractivity (Wildman–Crippen MR) is 78.3 cm³/mol. The first-order valence-corrected chi connectivity index (χ1v) is 6.83. The van der Waals surface area contributed by atoms with Crippen molar-refractivity contribution in [2.45, 2.75) is 6.54 Å². The van der Waals surface area contributed by atoms with Crippen LogP contribution in [0.25, 0.3) is 0 Å².